The number of piperidine rings is 1. The number of hydrogen-bond acceptors (Lipinski definition) is 1. The molecule has 1 heterocycles. The average molecular weight is 414 g/mol. The molecule has 1 N–H and O–H groups in total. The zero-order valence-corrected chi connectivity index (χ0v) is 18.2. The van der Waals surface area contributed by atoms with E-state index in [2.05, 4.69) is 37.1 Å². The first-order valence-corrected chi connectivity index (χ1v) is 17.3. The zero-order valence-electron chi connectivity index (χ0n) is 15.3. The molecule has 1 fully saturated rings. The molecule has 22 heavy (non-hydrogen) atoms. The summed E-state index contributed by atoms with van der Waals surface area (Å²) in [5.41, 5.74) is 1.16. The van der Waals surface area contributed by atoms with Gasteiger partial charge in [0.15, 0.2) is 0 Å². The van der Waals surface area contributed by atoms with Crippen molar-refractivity contribution >= 4 is 24.3 Å². The molecular formula is C19H37NOSn. The number of amides is 1. The average Bonchev–Trinajstić information content (AvgIpc) is 2.52. The van der Waals surface area contributed by atoms with Gasteiger partial charge in [0, 0.05) is 0 Å². The topological polar surface area (TPSA) is 29.1 Å². The Morgan fingerprint density at radius 3 is 1.95 bits per heavy atom. The van der Waals surface area contributed by atoms with E-state index in [4.69, 9.17) is 0 Å². The van der Waals surface area contributed by atoms with Crippen LogP contribution in [0.5, 0.6) is 0 Å². The Bertz CT molecular complexity index is 343. The summed E-state index contributed by atoms with van der Waals surface area (Å²) in [7, 11) is 0. The minimum atomic E-state index is -2.32. The standard InChI is InChI=1S/C7H10NO.3C4H9.Sn/c1-5-3-4-8-7(9)6(5)2;3*1-3-4-2;/h2,5H,3-4H2,1H3,(H,8,9);3*1,3-4H2,2H3;. The molecule has 3 heteroatoms. The third-order valence-electron chi connectivity index (χ3n) is 5.20. The van der Waals surface area contributed by atoms with Gasteiger partial charge in [-0.25, -0.2) is 0 Å². The van der Waals surface area contributed by atoms with E-state index >= 15 is 0 Å². The van der Waals surface area contributed by atoms with Gasteiger partial charge in [-0.1, -0.05) is 0 Å². The van der Waals surface area contributed by atoms with Crippen LogP contribution in [0.25, 0.3) is 0 Å². The second-order valence-electron chi connectivity index (χ2n) is 7.22. The first-order valence-electron chi connectivity index (χ1n) is 9.59. The number of hydrogen-bond donors (Lipinski definition) is 1. The predicted molar refractivity (Wildman–Crippen MR) is 99.8 cm³/mol. The predicted octanol–water partition coefficient (Wildman–Crippen LogP) is 5.46. The van der Waals surface area contributed by atoms with E-state index in [0.717, 1.165) is 18.5 Å². The van der Waals surface area contributed by atoms with E-state index < -0.39 is 18.4 Å². The molecule has 1 aliphatic heterocycles. The van der Waals surface area contributed by atoms with Crippen LogP contribution in [0.1, 0.15) is 72.6 Å². The van der Waals surface area contributed by atoms with Crippen molar-refractivity contribution in [1.82, 2.24) is 5.32 Å². The van der Waals surface area contributed by atoms with E-state index in [1.165, 1.54) is 51.8 Å². The zero-order chi connectivity index (χ0) is 16.4. The first kappa shape index (κ1) is 20.1. The number of nitrogens with one attached hydrogen (secondary N) is 1. The van der Waals surface area contributed by atoms with Crippen LogP contribution in [0, 0.1) is 5.92 Å². The van der Waals surface area contributed by atoms with Crippen molar-refractivity contribution in [3.8, 4) is 0 Å². The van der Waals surface area contributed by atoms with Crippen LogP contribution in [0.4, 0.5) is 0 Å². The van der Waals surface area contributed by atoms with Gasteiger partial charge < -0.3 is 0 Å². The van der Waals surface area contributed by atoms with E-state index in [1.807, 2.05) is 0 Å². The van der Waals surface area contributed by atoms with Crippen LogP contribution >= 0.6 is 0 Å². The van der Waals surface area contributed by atoms with Crippen molar-refractivity contribution < 1.29 is 4.79 Å². The van der Waals surface area contributed by atoms with Gasteiger partial charge in [-0.05, 0) is 0 Å². The maximum atomic E-state index is 12.4. The molecule has 1 aliphatic rings. The fraction of sp³-hybridized carbons (Fsp3) is 0.842. The molecule has 0 aromatic heterocycles. The van der Waals surface area contributed by atoms with Gasteiger partial charge in [-0.2, -0.15) is 0 Å². The molecule has 0 saturated carbocycles. The van der Waals surface area contributed by atoms with Crippen LogP contribution in [-0.4, -0.2) is 30.8 Å². The normalized spacial score (nSPS) is 21.2. The number of carbonyl (C=O) groups excluding carboxylic acids is 1. The molecule has 1 unspecified atom stereocenters. The Kier molecular flexibility index (Phi) is 9.77. The molecular weight excluding hydrogens is 377 g/mol. The Morgan fingerprint density at radius 1 is 1.05 bits per heavy atom. The molecule has 1 amide bonds. The molecule has 1 atom stereocenters. The van der Waals surface area contributed by atoms with E-state index in [0.29, 0.717) is 5.92 Å². The molecule has 0 aromatic carbocycles. The Hall–Kier alpha value is 0.00870. The molecule has 1 saturated heterocycles. The number of rotatable bonds is 10. The van der Waals surface area contributed by atoms with Crippen molar-refractivity contribution in [2.24, 2.45) is 5.92 Å². The molecule has 0 aromatic rings. The van der Waals surface area contributed by atoms with Crippen LogP contribution in [-0.2, 0) is 4.79 Å². The Morgan fingerprint density at radius 2 is 1.55 bits per heavy atom. The fourth-order valence-corrected chi connectivity index (χ4v) is 19.1. The summed E-state index contributed by atoms with van der Waals surface area (Å²) in [4.78, 5) is 12.4. The van der Waals surface area contributed by atoms with Crippen molar-refractivity contribution in [2.75, 3.05) is 6.54 Å². The van der Waals surface area contributed by atoms with Gasteiger partial charge >= 0.3 is 142 Å². The Labute approximate surface area is 142 Å². The fourth-order valence-electron chi connectivity index (χ4n) is 3.60. The van der Waals surface area contributed by atoms with Crippen molar-refractivity contribution in [2.45, 2.75) is 86.0 Å². The van der Waals surface area contributed by atoms with Crippen LogP contribution < -0.4 is 5.32 Å². The SMILES string of the molecule is CCC[CH2][Sn](/[CH]=C1\C(=O)NCCC1C)([CH2]CCC)[CH2]CCC. The second kappa shape index (κ2) is 10.7. The minimum absolute atomic E-state index is 0.240. The van der Waals surface area contributed by atoms with Crippen LogP contribution in [0.3, 0.4) is 0 Å². The van der Waals surface area contributed by atoms with E-state index in [-0.39, 0.29) is 5.91 Å². The number of carbonyl (C=O) groups is 1. The van der Waals surface area contributed by atoms with Gasteiger partial charge in [0.2, 0.25) is 0 Å². The van der Waals surface area contributed by atoms with Gasteiger partial charge in [-0.15, -0.1) is 0 Å². The summed E-state index contributed by atoms with van der Waals surface area (Å²) in [6.07, 6.45) is 9.09. The summed E-state index contributed by atoms with van der Waals surface area (Å²) >= 11 is -2.32. The summed E-state index contributed by atoms with van der Waals surface area (Å²) < 4.78 is 6.98. The number of unbranched alkanes of at least 4 members (excludes halogenated alkanes) is 3. The molecule has 2 nitrogen and oxygen atoms in total. The van der Waals surface area contributed by atoms with Gasteiger partial charge in [-0.3, -0.25) is 0 Å². The maximum absolute atomic E-state index is 12.4. The van der Waals surface area contributed by atoms with Crippen LogP contribution in [0.15, 0.2) is 9.67 Å². The van der Waals surface area contributed by atoms with Crippen molar-refractivity contribution in [3.63, 3.8) is 0 Å². The van der Waals surface area contributed by atoms with Gasteiger partial charge in [0.1, 0.15) is 0 Å². The third kappa shape index (κ3) is 6.25. The van der Waals surface area contributed by atoms with Gasteiger partial charge in [0.25, 0.3) is 0 Å². The van der Waals surface area contributed by atoms with E-state index in [1.54, 1.807) is 0 Å². The molecule has 0 spiro atoms. The summed E-state index contributed by atoms with van der Waals surface area (Å²) in [5.74, 6) is 0.707. The third-order valence-corrected chi connectivity index (χ3v) is 19.4. The quantitative estimate of drug-likeness (QED) is 0.374. The van der Waals surface area contributed by atoms with Crippen LogP contribution in [0.2, 0.25) is 13.3 Å². The Balaban J connectivity index is 3.04. The van der Waals surface area contributed by atoms with Gasteiger partial charge in [0.05, 0.1) is 0 Å². The van der Waals surface area contributed by atoms with Crippen molar-refractivity contribution in [1.29, 1.82) is 0 Å². The van der Waals surface area contributed by atoms with E-state index in [9.17, 15) is 4.79 Å². The summed E-state index contributed by atoms with van der Waals surface area (Å²) in [6, 6.07) is 0. The summed E-state index contributed by atoms with van der Waals surface area (Å²) in [5, 5.41) is 3.08. The molecule has 0 aliphatic carbocycles. The summed E-state index contributed by atoms with van der Waals surface area (Å²) in [6.45, 7) is 10.0. The molecule has 0 bridgehead atoms. The molecule has 1 rings (SSSR count). The van der Waals surface area contributed by atoms with Crippen molar-refractivity contribution in [3.05, 3.63) is 9.67 Å². The molecule has 0 radical (unpaired) electrons. The first-order chi connectivity index (χ1) is 10.6. The molecule has 128 valence electrons. The monoisotopic (exact) mass is 415 g/mol. The second-order valence-corrected chi connectivity index (χ2v) is 20.1.